The lowest BCUT2D eigenvalue weighted by molar-refractivity contribution is -0.139. The van der Waals surface area contributed by atoms with Gasteiger partial charge in [-0.05, 0) is 41.7 Å². The Morgan fingerprint density at radius 1 is 1.16 bits per heavy atom. The van der Waals surface area contributed by atoms with Crippen LogP contribution in [0, 0.1) is 28.4 Å². The van der Waals surface area contributed by atoms with E-state index in [1.54, 1.807) is 0 Å². The summed E-state index contributed by atoms with van der Waals surface area (Å²) in [7, 11) is 0. The van der Waals surface area contributed by atoms with Gasteiger partial charge >= 0.3 is 5.97 Å². The van der Waals surface area contributed by atoms with Gasteiger partial charge in [0.25, 0.3) is 0 Å². The third kappa shape index (κ3) is 4.27. The zero-order valence-electron chi connectivity index (χ0n) is 17.2. The van der Waals surface area contributed by atoms with E-state index in [4.69, 9.17) is 23.2 Å². The van der Waals surface area contributed by atoms with E-state index in [0.29, 0.717) is 6.42 Å². The number of carbonyl (C=O) groups is 1. The molecule has 2 aromatic rings. The quantitative estimate of drug-likeness (QED) is 0.607. The Bertz CT molecular complexity index is 1060. The largest absolute Gasteiger partial charge is 0.480 e. The van der Waals surface area contributed by atoms with Gasteiger partial charge in [0.15, 0.2) is 0 Å². The van der Waals surface area contributed by atoms with Crippen molar-refractivity contribution in [1.29, 1.82) is 5.26 Å². The van der Waals surface area contributed by atoms with Crippen LogP contribution < -0.4 is 5.32 Å². The molecule has 1 heterocycles. The Balaban J connectivity index is 2.36. The highest BCUT2D eigenvalue weighted by Gasteiger charge is 2.61. The lowest BCUT2D eigenvalue weighted by atomic mass is 9.62. The van der Waals surface area contributed by atoms with E-state index in [9.17, 15) is 15.2 Å². The molecule has 1 aliphatic rings. The number of hydrogen-bond acceptors (Lipinski definition) is 3. The molecule has 0 spiro atoms. The summed E-state index contributed by atoms with van der Waals surface area (Å²) in [5.41, 5.74) is -2.08. The molecule has 164 valence electrons. The first-order valence-corrected chi connectivity index (χ1v) is 10.5. The Morgan fingerprint density at radius 2 is 1.74 bits per heavy atom. The van der Waals surface area contributed by atoms with Gasteiger partial charge in [-0.25, -0.2) is 8.78 Å². The van der Waals surface area contributed by atoms with Crippen LogP contribution in [0.25, 0.3) is 0 Å². The fourth-order valence-electron chi connectivity index (χ4n) is 4.54. The number of nitrogens with one attached hydrogen (secondary N) is 1. The minimum atomic E-state index is -1.71. The highest BCUT2D eigenvalue weighted by atomic mass is 35.5. The summed E-state index contributed by atoms with van der Waals surface area (Å²) in [5, 5.41) is 23.7. The lowest BCUT2D eigenvalue weighted by Gasteiger charge is -2.37. The predicted molar refractivity (Wildman–Crippen MR) is 115 cm³/mol. The van der Waals surface area contributed by atoms with Crippen molar-refractivity contribution < 1.29 is 18.7 Å². The van der Waals surface area contributed by atoms with E-state index in [-0.39, 0.29) is 26.6 Å². The molecule has 0 saturated carbocycles. The summed E-state index contributed by atoms with van der Waals surface area (Å²) >= 11 is 11.8. The van der Waals surface area contributed by atoms with Gasteiger partial charge in [0.05, 0.1) is 6.07 Å². The number of benzene rings is 2. The predicted octanol–water partition coefficient (Wildman–Crippen LogP) is 5.68. The molecular weight excluding hydrogens is 445 g/mol. The summed E-state index contributed by atoms with van der Waals surface area (Å²) in [6.07, 6.45) is 0.345. The van der Waals surface area contributed by atoms with Crippen molar-refractivity contribution >= 4 is 29.2 Å². The minimum Gasteiger partial charge on any atom is -0.480 e. The van der Waals surface area contributed by atoms with E-state index in [1.165, 1.54) is 24.3 Å². The number of nitriles is 1. The molecule has 2 aromatic carbocycles. The molecule has 1 aliphatic heterocycles. The van der Waals surface area contributed by atoms with Crippen LogP contribution in [-0.4, -0.2) is 23.2 Å². The fraction of sp³-hybridized carbons (Fsp3) is 0.391. The van der Waals surface area contributed by atoms with Gasteiger partial charge in [0.1, 0.15) is 23.1 Å². The summed E-state index contributed by atoms with van der Waals surface area (Å²) in [5.74, 6) is -3.98. The molecule has 0 aliphatic carbocycles. The van der Waals surface area contributed by atoms with Gasteiger partial charge in [-0.2, -0.15) is 5.26 Å². The van der Waals surface area contributed by atoms with Gasteiger partial charge in [-0.15, -0.1) is 0 Å². The maximum atomic E-state index is 15.2. The van der Waals surface area contributed by atoms with Crippen LogP contribution in [0.15, 0.2) is 36.4 Å². The molecule has 1 fully saturated rings. The van der Waals surface area contributed by atoms with Gasteiger partial charge < -0.3 is 5.11 Å². The Hall–Kier alpha value is -2.20. The molecule has 3 rings (SSSR count). The maximum Gasteiger partial charge on any atom is 0.321 e. The van der Waals surface area contributed by atoms with E-state index >= 15 is 8.78 Å². The highest BCUT2D eigenvalue weighted by Crippen LogP contribution is 2.52. The monoisotopic (exact) mass is 466 g/mol. The molecule has 8 heteroatoms. The van der Waals surface area contributed by atoms with E-state index in [0.717, 1.165) is 12.1 Å². The standard InChI is InChI=1S/C23H22Cl2F2N2O2/c1-22(2,3)10-18-23(11-28,15-7-5-13(25)9-17(15)27)19(20(29-18)21(30)31)14-6-4-12(24)8-16(14)26/h4-9,18-20,29H,10H2,1-3H3,(H,30,31)/t18-,19-,20+,23-/m0/s1. The highest BCUT2D eigenvalue weighted by molar-refractivity contribution is 6.30. The van der Waals surface area contributed by atoms with Crippen LogP contribution in [0.2, 0.25) is 10.0 Å². The molecular formula is C23H22Cl2F2N2O2. The van der Waals surface area contributed by atoms with Crippen molar-refractivity contribution in [2.45, 2.75) is 50.6 Å². The number of carboxylic acid groups (broad SMARTS) is 1. The zero-order chi connectivity index (χ0) is 23.1. The van der Waals surface area contributed by atoms with Crippen LogP contribution in [0.1, 0.15) is 44.2 Å². The van der Waals surface area contributed by atoms with E-state index < -0.39 is 41.0 Å². The number of halogens is 4. The molecule has 0 bridgehead atoms. The van der Waals surface area contributed by atoms with Crippen molar-refractivity contribution in [2.75, 3.05) is 0 Å². The SMILES string of the molecule is CC(C)(C)C[C@@H]1N[C@@H](C(=O)O)[C@H](c2ccc(Cl)cc2F)[C@@]1(C#N)c1ccc(Cl)cc1F. The Labute approximate surface area is 189 Å². The number of nitrogens with zero attached hydrogens (tertiary/aromatic N) is 1. The third-order valence-electron chi connectivity index (χ3n) is 5.70. The van der Waals surface area contributed by atoms with Crippen molar-refractivity contribution in [2.24, 2.45) is 5.41 Å². The minimum absolute atomic E-state index is 0.0170. The number of hydrogen-bond donors (Lipinski definition) is 2. The number of carboxylic acids is 1. The molecule has 4 atom stereocenters. The van der Waals surface area contributed by atoms with Gasteiger partial charge in [-0.1, -0.05) is 56.1 Å². The molecule has 0 radical (unpaired) electrons. The Morgan fingerprint density at radius 3 is 2.23 bits per heavy atom. The van der Waals surface area contributed by atoms with Crippen molar-refractivity contribution in [3.63, 3.8) is 0 Å². The van der Waals surface area contributed by atoms with Gasteiger partial charge in [0, 0.05) is 27.6 Å². The molecule has 2 N–H and O–H groups in total. The van der Waals surface area contributed by atoms with Crippen LogP contribution in [-0.2, 0) is 10.2 Å². The number of rotatable bonds is 4. The molecule has 0 unspecified atom stereocenters. The van der Waals surface area contributed by atoms with E-state index in [2.05, 4.69) is 11.4 Å². The summed E-state index contributed by atoms with van der Waals surface area (Å²) in [4.78, 5) is 12.2. The Kier molecular flexibility index (Phi) is 6.35. The van der Waals surface area contributed by atoms with Gasteiger partial charge in [-0.3, -0.25) is 10.1 Å². The average Bonchev–Trinajstić information content (AvgIpc) is 2.95. The lowest BCUT2D eigenvalue weighted by Crippen LogP contribution is -2.44. The normalized spacial score (nSPS) is 25.9. The molecule has 0 amide bonds. The first-order valence-electron chi connectivity index (χ1n) is 9.71. The van der Waals surface area contributed by atoms with Crippen LogP contribution >= 0.6 is 23.2 Å². The number of aliphatic carboxylic acids is 1. The second-order valence-corrected chi connectivity index (χ2v) is 9.92. The fourth-order valence-corrected chi connectivity index (χ4v) is 4.85. The molecule has 0 aromatic heterocycles. The van der Waals surface area contributed by atoms with E-state index in [1.807, 2.05) is 20.8 Å². The van der Waals surface area contributed by atoms with Crippen LogP contribution in [0.5, 0.6) is 0 Å². The van der Waals surface area contributed by atoms with Crippen LogP contribution in [0.3, 0.4) is 0 Å². The second-order valence-electron chi connectivity index (χ2n) is 9.05. The third-order valence-corrected chi connectivity index (χ3v) is 6.17. The molecule has 4 nitrogen and oxygen atoms in total. The molecule has 1 saturated heterocycles. The zero-order valence-corrected chi connectivity index (χ0v) is 18.7. The van der Waals surface area contributed by atoms with Gasteiger partial charge in [0.2, 0.25) is 0 Å². The first-order chi connectivity index (χ1) is 14.4. The second kappa shape index (κ2) is 8.38. The van der Waals surface area contributed by atoms with Crippen LogP contribution in [0.4, 0.5) is 8.78 Å². The van der Waals surface area contributed by atoms with Crippen molar-refractivity contribution in [3.8, 4) is 6.07 Å². The van der Waals surface area contributed by atoms with Crippen molar-refractivity contribution in [3.05, 3.63) is 69.2 Å². The first kappa shape index (κ1) is 23.5. The smallest absolute Gasteiger partial charge is 0.321 e. The maximum absolute atomic E-state index is 15.2. The molecule has 31 heavy (non-hydrogen) atoms. The summed E-state index contributed by atoms with van der Waals surface area (Å²) < 4.78 is 30.2. The summed E-state index contributed by atoms with van der Waals surface area (Å²) in [6.45, 7) is 5.79. The van der Waals surface area contributed by atoms with Crippen molar-refractivity contribution in [1.82, 2.24) is 5.32 Å². The average molecular weight is 467 g/mol. The topological polar surface area (TPSA) is 73.1 Å². The summed E-state index contributed by atoms with van der Waals surface area (Å²) in [6, 6.07) is 7.85.